The van der Waals surface area contributed by atoms with Crippen LogP contribution in [0.1, 0.15) is 12.8 Å². The van der Waals surface area contributed by atoms with Crippen molar-refractivity contribution in [1.82, 2.24) is 15.0 Å². The highest BCUT2D eigenvalue weighted by molar-refractivity contribution is 6.16. The zero-order valence-electron chi connectivity index (χ0n) is 18.0. The first-order valence-electron chi connectivity index (χ1n) is 10.5. The molecule has 2 heterocycles. The Kier molecular flexibility index (Phi) is 5.24. The van der Waals surface area contributed by atoms with E-state index in [-0.39, 0.29) is 46.9 Å². The van der Waals surface area contributed by atoms with Gasteiger partial charge in [-0.05, 0) is 49.2 Å². The van der Waals surface area contributed by atoms with Crippen LogP contribution in [0.2, 0.25) is 0 Å². The summed E-state index contributed by atoms with van der Waals surface area (Å²) in [6, 6.07) is 10.2. The molecule has 3 N–H and O–H groups in total. The number of carbonyl (C=O) groups excluding carboxylic acids is 2. The molecular weight excluding hydrogens is 460 g/mol. The average molecular weight is 477 g/mol. The third-order valence-corrected chi connectivity index (χ3v) is 5.75. The quantitative estimate of drug-likeness (QED) is 0.410. The number of aromatic amines is 1. The summed E-state index contributed by atoms with van der Waals surface area (Å²) in [4.78, 5) is 48.5. The van der Waals surface area contributed by atoms with Gasteiger partial charge in [0.1, 0.15) is 16.7 Å². The zero-order chi connectivity index (χ0) is 24.7. The molecule has 0 radical (unpaired) electrons. The Morgan fingerprint density at radius 3 is 2.37 bits per heavy atom. The number of anilines is 2. The molecule has 2 amide bonds. The Labute approximate surface area is 196 Å². The lowest BCUT2D eigenvalue weighted by Gasteiger charge is -2.26. The van der Waals surface area contributed by atoms with Gasteiger partial charge in [0.2, 0.25) is 11.8 Å². The number of hydrogen-bond donors (Lipinski definition) is 2. The maximum absolute atomic E-state index is 15.2. The number of benzene rings is 2. The molecule has 1 fully saturated rings. The summed E-state index contributed by atoms with van der Waals surface area (Å²) in [6.45, 7) is 0. The van der Waals surface area contributed by atoms with Gasteiger partial charge in [-0.15, -0.1) is 0 Å². The number of nitrogens with one attached hydrogen (secondary N) is 1. The molecule has 0 spiro atoms. The number of amides is 2. The Hall–Kier alpha value is -4.67. The number of H-pyrrole nitrogens is 1. The van der Waals surface area contributed by atoms with Crippen molar-refractivity contribution in [3.63, 3.8) is 0 Å². The predicted octanol–water partition coefficient (Wildman–Crippen LogP) is 3.32. The zero-order valence-corrected chi connectivity index (χ0v) is 18.0. The Balaban J connectivity index is 1.53. The molecule has 4 aromatic rings. The standard InChI is InChI=1S/C24H17F2N5O4/c25-13-1-3-14(4-2-13)31(23(34)24(8-9-24)22(27)33)15-5-6-17(16(26)11-15)35-18-7-10-28-21-20(18)29-12-19(32)30-21/h1-7,10-12H,8-9H2,(H2,27,33)(H,28,30,32). The normalized spacial score (nSPS) is 13.9. The fraction of sp³-hybridized carbons (Fsp3) is 0.125. The molecule has 1 saturated carbocycles. The van der Waals surface area contributed by atoms with Crippen molar-refractivity contribution in [2.24, 2.45) is 11.1 Å². The van der Waals surface area contributed by atoms with Gasteiger partial charge >= 0.3 is 0 Å². The number of halogens is 2. The molecule has 176 valence electrons. The van der Waals surface area contributed by atoms with E-state index >= 15 is 4.39 Å². The second-order valence-corrected chi connectivity index (χ2v) is 8.03. The maximum atomic E-state index is 15.2. The summed E-state index contributed by atoms with van der Waals surface area (Å²) in [7, 11) is 0. The van der Waals surface area contributed by atoms with Crippen molar-refractivity contribution >= 4 is 34.4 Å². The second-order valence-electron chi connectivity index (χ2n) is 8.03. The molecule has 0 saturated heterocycles. The van der Waals surface area contributed by atoms with Crippen LogP contribution < -0.4 is 20.9 Å². The van der Waals surface area contributed by atoms with Gasteiger partial charge in [-0.3, -0.25) is 19.3 Å². The van der Waals surface area contributed by atoms with Gasteiger partial charge in [0, 0.05) is 24.0 Å². The lowest BCUT2D eigenvalue weighted by molar-refractivity contribution is -0.133. The van der Waals surface area contributed by atoms with E-state index in [9.17, 15) is 18.8 Å². The lowest BCUT2D eigenvalue weighted by Crippen LogP contribution is -2.41. The van der Waals surface area contributed by atoms with Crippen LogP contribution >= 0.6 is 0 Å². The van der Waals surface area contributed by atoms with Crippen LogP contribution in [0.4, 0.5) is 20.2 Å². The number of hydrogen-bond acceptors (Lipinski definition) is 6. The summed E-state index contributed by atoms with van der Waals surface area (Å²) in [6.07, 6.45) is 2.96. The van der Waals surface area contributed by atoms with Gasteiger partial charge in [-0.2, -0.15) is 0 Å². The number of rotatable bonds is 6. The number of carbonyl (C=O) groups is 2. The molecule has 0 bridgehead atoms. The van der Waals surface area contributed by atoms with E-state index in [4.69, 9.17) is 10.5 Å². The minimum atomic E-state index is -1.39. The van der Waals surface area contributed by atoms with Gasteiger partial charge in [-0.25, -0.2) is 18.7 Å². The monoisotopic (exact) mass is 477 g/mol. The van der Waals surface area contributed by atoms with Crippen molar-refractivity contribution in [3.05, 3.63) is 82.9 Å². The van der Waals surface area contributed by atoms with E-state index in [2.05, 4.69) is 15.0 Å². The number of fused-ring (bicyclic) bond motifs is 1. The third-order valence-electron chi connectivity index (χ3n) is 5.75. The second kappa shape index (κ2) is 8.28. The van der Waals surface area contributed by atoms with Crippen LogP contribution in [0.5, 0.6) is 11.5 Å². The first-order chi connectivity index (χ1) is 16.8. The van der Waals surface area contributed by atoms with E-state index in [1.54, 1.807) is 0 Å². The first-order valence-corrected chi connectivity index (χ1v) is 10.5. The number of primary amides is 1. The predicted molar refractivity (Wildman–Crippen MR) is 121 cm³/mol. The van der Waals surface area contributed by atoms with Crippen molar-refractivity contribution < 1.29 is 23.1 Å². The number of nitrogens with zero attached hydrogens (tertiary/aromatic N) is 3. The number of ether oxygens (including phenoxy) is 1. The Morgan fingerprint density at radius 1 is 1.00 bits per heavy atom. The van der Waals surface area contributed by atoms with Gasteiger partial charge < -0.3 is 15.5 Å². The van der Waals surface area contributed by atoms with Crippen molar-refractivity contribution in [3.8, 4) is 11.5 Å². The summed E-state index contributed by atoms with van der Waals surface area (Å²) < 4.78 is 34.3. The van der Waals surface area contributed by atoms with Crippen LogP contribution in [0.25, 0.3) is 11.2 Å². The van der Waals surface area contributed by atoms with Gasteiger partial charge in [0.25, 0.3) is 5.56 Å². The minimum absolute atomic E-state index is 0.0982. The van der Waals surface area contributed by atoms with Crippen molar-refractivity contribution in [2.45, 2.75) is 12.8 Å². The first kappa shape index (κ1) is 22.1. The fourth-order valence-electron chi connectivity index (χ4n) is 3.72. The SMILES string of the molecule is NC(=O)C1(C(=O)N(c2ccc(F)cc2)c2ccc(Oc3ccnc4[nH]c(=O)cnc34)c(F)c2)CC1. The highest BCUT2D eigenvalue weighted by atomic mass is 19.1. The maximum Gasteiger partial charge on any atom is 0.268 e. The molecule has 0 unspecified atom stereocenters. The van der Waals surface area contributed by atoms with E-state index in [0.717, 1.165) is 29.3 Å². The molecule has 1 aliphatic carbocycles. The number of pyridine rings is 1. The average Bonchev–Trinajstić information content (AvgIpc) is 3.64. The van der Waals surface area contributed by atoms with Crippen molar-refractivity contribution in [1.29, 1.82) is 0 Å². The van der Waals surface area contributed by atoms with E-state index < -0.39 is 34.4 Å². The van der Waals surface area contributed by atoms with Gasteiger partial charge in [-0.1, -0.05) is 0 Å². The molecule has 0 atom stereocenters. The molecular formula is C24H17F2N5O4. The largest absolute Gasteiger partial charge is 0.452 e. The highest BCUT2D eigenvalue weighted by Crippen LogP contribution is 2.49. The van der Waals surface area contributed by atoms with Crippen LogP contribution in [-0.2, 0) is 9.59 Å². The van der Waals surface area contributed by atoms with Crippen LogP contribution in [-0.4, -0.2) is 26.8 Å². The molecule has 2 aromatic heterocycles. The molecule has 1 aliphatic rings. The summed E-state index contributed by atoms with van der Waals surface area (Å²) in [5.41, 5.74) is 4.36. The molecule has 11 heteroatoms. The fourth-order valence-corrected chi connectivity index (χ4v) is 3.72. The summed E-state index contributed by atoms with van der Waals surface area (Å²) >= 11 is 0. The minimum Gasteiger partial charge on any atom is -0.452 e. The molecule has 9 nitrogen and oxygen atoms in total. The topological polar surface area (TPSA) is 131 Å². The van der Waals surface area contributed by atoms with E-state index in [1.807, 2.05) is 0 Å². The van der Waals surface area contributed by atoms with Crippen LogP contribution in [0, 0.1) is 17.0 Å². The molecule has 0 aliphatic heterocycles. The summed E-state index contributed by atoms with van der Waals surface area (Å²) in [5.74, 6) is -2.78. The summed E-state index contributed by atoms with van der Waals surface area (Å²) in [5, 5.41) is 0. The van der Waals surface area contributed by atoms with Crippen LogP contribution in [0.3, 0.4) is 0 Å². The van der Waals surface area contributed by atoms with E-state index in [1.165, 1.54) is 36.5 Å². The molecule has 5 rings (SSSR count). The molecule has 35 heavy (non-hydrogen) atoms. The third kappa shape index (κ3) is 3.97. The number of nitrogens with two attached hydrogens (primary N) is 1. The van der Waals surface area contributed by atoms with Crippen molar-refractivity contribution in [2.75, 3.05) is 4.90 Å². The van der Waals surface area contributed by atoms with E-state index in [0.29, 0.717) is 0 Å². The highest BCUT2D eigenvalue weighted by Gasteiger charge is 2.57. The number of aromatic nitrogens is 3. The molecule has 2 aromatic carbocycles. The van der Waals surface area contributed by atoms with Gasteiger partial charge in [0.15, 0.2) is 23.0 Å². The van der Waals surface area contributed by atoms with Gasteiger partial charge in [0.05, 0.1) is 11.9 Å². The van der Waals surface area contributed by atoms with Crippen LogP contribution in [0.15, 0.2) is 65.7 Å². The Bertz CT molecular complexity index is 1530. The Morgan fingerprint density at radius 2 is 1.71 bits per heavy atom. The smallest absolute Gasteiger partial charge is 0.268 e. The lowest BCUT2D eigenvalue weighted by atomic mass is 10.0.